The second-order valence-corrected chi connectivity index (χ2v) is 7.05. The quantitative estimate of drug-likeness (QED) is 0.900. The highest BCUT2D eigenvalue weighted by Crippen LogP contribution is 2.46. The molecule has 2 unspecified atom stereocenters. The summed E-state index contributed by atoms with van der Waals surface area (Å²) < 4.78 is 0. The Balaban J connectivity index is 1.95. The van der Waals surface area contributed by atoms with Gasteiger partial charge in [0.1, 0.15) is 0 Å². The number of thiophene rings is 1. The maximum Gasteiger partial charge on any atom is 0.0490 e. The van der Waals surface area contributed by atoms with Gasteiger partial charge in [-0.25, -0.2) is 0 Å². The first-order valence-electron chi connectivity index (χ1n) is 6.25. The van der Waals surface area contributed by atoms with Crippen LogP contribution in [-0.4, -0.2) is 12.8 Å². The number of fused-ring (bicyclic) bond motifs is 1. The summed E-state index contributed by atoms with van der Waals surface area (Å²) in [4.78, 5) is 4.30. The van der Waals surface area contributed by atoms with Crippen LogP contribution in [0.4, 0.5) is 0 Å². The molecule has 3 heteroatoms. The van der Waals surface area contributed by atoms with Gasteiger partial charge in [0, 0.05) is 32.4 Å². The van der Waals surface area contributed by atoms with Crippen LogP contribution in [0, 0.1) is 6.92 Å². The highest BCUT2D eigenvalue weighted by Gasteiger charge is 2.30. The summed E-state index contributed by atoms with van der Waals surface area (Å²) in [6.45, 7) is 2.18. The predicted molar refractivity (Wildman–Crippen MR) is 80.8 cm³/mol. The van der Waals surface area contributed by atoms with E-state index in [1.807, 2.05) is 23.1 Å². The van der Waals surface area contributed by atoms with Gasteiger partial charge < -0.3 is 5.32 Å². The molecule has 3 rings (SSSR count). The van der Waals surface area contributed by atoms with Crippen LogP contribution in [-0.2, 0) is 0 Å². The largest absolute Gasteiger partial charge is 0.312 e. The fraction of sp³-hybridized carbons (Fsp3) is 0.333. The SMILES string of the molecule is CNC(c1ccc(C)s1)C1CSc2ccccc21. The lowest BCUT2D eigenvalue weighted by Gasteiger charge is -2.22. The third-order valence-electron chi connectivity index (χ3n) is 3.52. The maximum atomic E-state index is 3.51. The van der Waals surface area contributed by atoms with Crippen molar-refractivity contribution in [1.82, 2.24) is 5.32 Å². The van der Waals surface area contributed by atoms with Gasteiger partial charge in [0.2, 0.25) is 0 Å². The van der Waals surface area contributed by atoms with Crippen LogP contribution in [0.15, 0.2) is 41.3 Å². The van der Waals surface area contributed by atoms with Crippen LogP contribution in [0.25, 0.3) is 0 Å². The van der Waals surface area contributed by atoms with Gasteiger partial charge in [0.25, 0.3) is 0 Å². The number of nitrogens with one attached hydrogen (secondary N) is 1. The Morgan fingerprint density at radius 1 is 1.22 bits per heavy atom. The second kappa shape index (κ2) is 5.08. The molecule has 1 aliphatic rings. The Kier molecular flexibility index (Phi) is 3.46. The minimum Gasteiger partial charge on any atom is -0.312 e. The van der Waals surface area contributed by atoms with Crippen LogP contribution in [0.2, 0.25) is 0 Å². The number of hydrogen-bond donors (Lipinski definition) is 1. The highest BCUT2D eigenvalue weighted by molar-refractivity contribution is 7.99. The summed E-state index contributed by atoms with van der Waals surface area (Å²) in [6.07, 6.45) is 0. The lowest BCUT2D eigenvalue weighted by molar-refractivity contribution is 0.522. The molecule has 0 saturated carbocycles. The van der Waals surface area contributed by atoms with Crippen LogP contribution in [0.3, 0.4) is 0 Å². The van der Waals surface area contributed by atoms with Gasteiger partial charge in [-0.15, -0.1) is 23.1 Å². The number of thioether (sulfide) groups is 1. The molecule has 0 aliphatic carbocycles. The Bertz CT molecular complexity index is 547. The van der Waals surface area contributed by atoms with Gasteiger partial charge in [0.15, 0.2) is 0 Å². The first-order chi connectivity index (χ1) is 8.79. The third kappa shape index (κ3) is 2.11. The summed E-state index contributed by atoms with van der Waals surface area (Å²) >= 11 is 3.90. The van der Waals surface area contributed by atoms with Crippen molar-refractivity contribution < 1.29 is 0 Å². The molecule has 0 bridgehead atoms. The van der Waals surface area contributed by atoms with Crippen LogP contribution < -0.4 is 5.32 Å². The molecule has 0 amide bonds. The molecule has 2 heterocycles. The van der Waals surface area contributed by atoms with Crippen molar-refractivity contribution >= 4 is 23.1 Å². The smallest absolute Gasteiger partial charge is 0.0490 e. The molecule has 94 valence electrons. The van der Waals surface area contributed by atoms with E-state index < -0.39 is 0 Å². The molecule has 18 heavy (non-hydrogen) atoms. The molecular formula is C15H17NS2. The summed E-state index contributed by atoms with van der Waals surface area (Å²) in [7, 11) is 2.07. The third-order valence-corrected chi connectivity index (χ3v) is 5.81. The number of rotatable bonds is 3. The van der Waals surface area contributed by atoms with Gasteiger partial charge in [-0.1, -0.05) is 18.2 Å². The molecule has 2 atom stereocenters. The molecule has 1 N–H and O–H groups in total. The highest BCUT2D eigenvalue weighted by atomic mass is 32.2. The summed E-state index contributed by atoms with van der Waals surface area (Å²) in [6, 6.07) is 13.8. The maximum absolute atomic E-state index is 3.51. The van der Waals surface area contributed by atoms with E-state index in [9.17, 15) is 0 Å². The van der Waals surface area contributed by atoms with E-state index in [-0.39, 0.29) is 0 Å². The van der Waals surface area contributed by atoms with Gasteiger partial charge in [-0.3, -0.25) is 0 Å². The summed E-state index contributed by atoms with van der Waals surface area (Å²) in [5, 5.41) is 3.51. The number of likely N-dealkylation sites (N-methyl/N-ethyl adjacent to an activating group) is 1. The zero-order chi connectivity index (χ0) is 12.5. The van der Waals surface area contributed by atoms with E-state index in [1.165, 1.54) is 26.0 Å². The molecule has 0 fully saturated rings. The number of aryl methyl sites for hydroxylation is 1. The fourth-order valence-electron chi connectivity index (χ4n) is 2.63. The van der Waals surface area contributed by atoms with Crippen molar-refractivity contribution in [3.8, 4) is 0 Å². The van der Waals surface area contributed by atoms with E-state index in [4.69, 9.17) is 0 Å². The molecule has 1 aliphatic heterocycles. The van der Waals surface area contributed by atoms with Crippen molar-refractivity contribution in [3.05, 3.63) is 51.7 Å². The van der Waals surface area contributed by atoms with Crippen LogP contribution >= 0.6 is 23.1 Å². The van der Waals surface area contributed by atoms with Gasteiger partial charge in [0.05, 0.1) is 0 Å². The van der Waals surface area contributed by atoms with Crippen molar-refractivity contribution in [2.24, 2.45) is 0 Å². The molecule has 1 aromatic heterocycles. The topological polar surface area (TPSA) is 12.0 Å². The molecular weight excluding hydrogens is 258 g/mol. The Labute approximate surface area is 117 Å². The van der Waals surface area contributed by atoms with E-state index in [1.54, 1.807) is 0 Å². The van der Waals surface area contributed by atoms with Crippen molar-refractivity contribution in [1.29, 1.82) is 0 Å². The molecule has 1 nitrogen and oxygen atoms in total. The predicted octanol–water partition coefficient (Wildman–Crippen LogP) is 4.21. The minimum atomic E-state index is 0.444. The van der Waals surface area contributed by atoms with Gasteiger partial charge in [-0.2, -0.15) is 0 Å². The van der Waals surface area contributed by atoms with Crippen LogP contribution in [0.5, 0.6) is 0 Å². The standard InChI is InChI=1S/C15H17NS2/c1-10-7-8-14(18-10)15(16-2)12-9-17-13-6-4-3-5-11(12)13/h3-8,12,15-16H,9H2,1-2H3. The zero-order valence-electron chi connectivity index (χ0n) is 10.6. The summed E-state index contributed by atoms with van der Waals surface area (Å²) in [5.74, 6) is 1.77. The Morgan fingerprint density at radius 3 is 2.78 bits per heavy atom. The molecule has 0 spiro atoms. The van der Waals surface area contributed by atoms with E-state index >= 15 is 0 Å². The van der Waals surface area contributed by atoms with Crippen molar-refractivity contribution in [2.75, 3.05) is 12.8 Å². The summed E-state index contributed by atoms with van der Waals surface area (Å²) in [5.41, 5.74) is 1.51. The van der Waals surface area contributed by atoms with Crippen molar-refractivity contribution in [3.63, 3.8) is 0 Å². The van der Waals surface area contributed by atoms with E-state index in [0.717, 1.165) is 0 Å². The van der Waals surface area contributed by atoms with E-state index in [2.05, 4.69) is 55.7 Å². The lowest BCUT2D eigenvalue weighted by Crippen LogP contribution is -2.23. The van der Waals surface area contributed by atoms with E-state index in [0.29, 0.717) is 12.0 Å². The average molecular weight is 275 g/mol. The second-order valence-electron chi connectivity index (χ2n) is 4.67. The molecule has 2 aromatic rings. The average Bonchev–Trinajstić information content (AvgIpc) is 2.98. The number of benzene rings is 1. The zero-order valence-corrected chi connectivity index (χ0v) is 12.3. The minimum absolute atomic E-state index is 0.444. The first kappa shape index (κ1) is 12.3. The van der Waals surface area contributed by atoms with Gasteiger partial charge in [-0.05, 0) is 37.7 Å². The lowest BCUT2D eigenvalue weighted by atomic mass is 9.92. The molecule has 1 aromatic carbocycles. The Hall–Kier alpha value is -0.770. The number of hydrogen-bond acceptors (Lipinski definition) is 3. The fourth-order valence-corrected chi connectivity index (χ4v) is 4.97. The van der Waals surface area contributed by atoms with Crippen LogP contribution in [0.1, 0.15) is 27.3 Å². The Morgan fingerprint density at radius 2 is 2.06 bits per heavy atom. The van der Waals surface area contributed by atoms with Crippen molar-refractivity contribution in [2.45, 2.75) is 23.8 Å². The molecule has 0 radical (unpaired) electrons. The van der Waals surface area contributed by atoms with Gasteiger partial charge >= 0.3 is 0 Å². The monoisotopic (exact) mass is 275 g/mol. The normalized spacial score (nSPS) is 19.8. The molecule has 0 saturated heterocycles. The first-order valence-corrected chi connectivity index (χ1v) is 8.05.